The lowest BCUT2D eigenvalue weighted by Gasteiger charge is -2.36. The molecule has 1 saturated heterocycles. The van der Waals surface area contributed by atoms with Crippen LogP contribution < -0.4 is 0 Å². The van der Waals surface area contributed by atoms with Gasteiger partial charge in [0.05, 0.1) is 19.5 Å². The van der Waals surface area contributed by atoms with Crippen LogP contribution in [0, 0.1) is 0 Å². The van der Waals surface area contributed by atoms with Gasteiger partial charge in [0.2, 0.25) is 0 Å². The van der Waals surface area contributed by atoms with E-state index in [0.29, 0.717) is 0 Å². The first-order chi connectivity index (χ1) is 12.7. The lowest BCUT2D eigenvalue weighted by atomic mass is 10.0. The predicted molar refractivity (Wildman–Crippen MR) is 104 cm³/mol. The Morgan fingerprint density at radius 2 is 1.50 bits per heavy atom. The van der Waals surface area contributed by atoms with Crippen molar-refractivity contribution in [2.45, 2.75) is 108 Å². The topological polar surface area (TPSA) is 79.2 Å². The normalized spacial score (nSPS) is 26.5. The van der Waals surface area contributed by atoms with Crippen LogP contribution in [-0.4, -0.2) is 52.9 Å². The molecule has 0 radical (unpaired) electrons. The fourth-order valence-corrected chi connectivity index (χ4v) is 3.32. The molecule has 4 atom stereocenters. The van der Waals surface area contributed by atoms with Crippen LogP contribution in [-0.2, 0) is 9.47 Å². The summed E-state index contributed by atoms with van der Waals surface area (Å²) >= 11 is 0. The van der Waals surface area contributed by atoms with Crippen molar-refractivity contribution >= 4 is 0 Å². The minimum atomic E-state index is -1.03. The SMILES string of the molecule is CCCCCCCCCCCCC/C=C/O[C@H]1[C@H](O)[C@@H](O)CO[C@@H]1CO. The van der Waals surface area contributed by atoms with Gasteiger partial charge in [0.1, 0.15) is 18.3 Å². The van der Waals surface area contributed by atoms with Crippen molar-refractivity contribution in [3.63, 3.8) is 0 Å². The van der Waals surface area contributed by atoms with Gasteiger partial charge in [-0.05, 0) is 18.9 Å². The van der Waals surface area contributed by atoms with Crippen LogP contribution in [0.25, 0.3) is 0 Å². The number of unbranched alkanes of at least 4 members (excludes halogenated alkanes) is 11. The number of hydrogen-bond donors (Lipinski definition) is 3. The largest absolute Gasteiger partial charge is 0.493 e. The molecular weight excluding hydrogens is 332 g/mol. The molecule has 0 aliphatic carbocycles. The molecule has 0 saturated carbocycles. The summed E-state index contributed by atoms with van der Waals surface area (Å²) in [5, 5.41) is 28.8. The van der Waals surface area contributed by atoms with Gasteiger partial charge >= 0.3 is 0 Å². The van der Waals surface area contributed by atoms with Crippen molar-refractivity contribution in [3.05, 3.63) is 12.3 Å². The van der Waals surface area contributed by atoms with E-state index in [0.717, 1.165) is 12.8 Å². The van der Waals surface area contributed by atoms with Crippen LogP contribution in [0.2, 0.25) is 0 Å². The monoisotopic (exact) mass is 372 g/mol. The van der Waals surface area contributed by atoms with Gasteiger partial charge in [-0.15, -0.1) is 0 Å². The highest BCUT2D eigenvalue weighted by Crippen LogP contribution is 2.19. The molecule has 0 aromatic rings. The summed E-state index contributed by atoms with van der Waals surface area (Å²) in [6.07, 6.45) is 15.7. The molecule has 154 valence electrons. The zero-order valence-corrected chi connectivity index (χ0v) is 16.5. The Bertz CT molecular complexity index is 345. The van der Waals surface area contributed by atoms with Gasteiger partial charge in [0.15, 0.2) is 6.10 Å². The molecule has 0 bridgehead atoms. The van der Waals surface area contributed by atoms with Crippen molar-refractivity contribution in [2.24, 2.45) is 0 Å². The van der Waals surface area contributed by atoms with Gasteiger partial charge in [-0.3, -0.25) is 0 Å². The summed E-state index contributed by atoms with van der Waals surface area (Å²) in [5.74, 6) is 0. The fraction of sp³-hybridized carbons (Fsp3) is 0.905. The third kappa shape index (κ3) is 9.91. The van der Waals surface area contributed by atoms with Crippen LogP contribution >= 0.6 is 0 Å². The van der Waals surface area contributed by atoms with Gasteiger partial charge in [-0.25, -0.2) is 0 Å². The van der Waals surface area contributed by atoms with E-state index in [-0.39, 0.29) is 13.2 Å². The van der Waals surface area contributed by atoms with E-state index in [2.05, 4.69) is 6.92 Å². The standard InChI is InChI=1S/C21H40O5/c1-2-3-4-5-6-7-8-9-10-11-12-13-14-15-25-21-19(16-22)26-17-18(23)20(21)24/h14-15,18-24H,2-13,16-17H2,1H3/b15-14+/t18-,19+,20+,21+/m0/s1. The summed E-state index contributed by atoms with van der Waals surface area (Å²) in [7, 11) is 0. The quantitative estimate of drug-likeness (QED) is 0.302. The van der Waals surface area contributed by atoms with Crippen molar-refractivity contribution < 1.29 is 24.8 Å². The summed E-state index contributed by atoms with van der Waals surface area (Å²) in [4.78, 5) is 0. The molecular formula is C21H40O5. The molecule has 0 unspecified atom stereocenters. The van der Waals surface area contributed by atoms with E-state index in [4.69, 9.17) is 9.47 Å². The van der Waals surface area contributed by atoms with Crippen molar-refractivity contribution in [1.29, 1.82) is 0 Å². The number of aliphatic hydroxyl groups excluding tert-OH is 3. The fourth-order valence-electron chi connectivity index (χ4n) is 3.32. The lowest BCUT2D eigenvalue weighted by molar-refractivity contribution is -0.197. The maximum Gasteiger partial charge on any atom is 0.154 e. The smallest absolute Gasteiger partial charge is 0.154 e. The van der Waals surface area contributed by atoms with Gasteiger partial charge in [0, 0.05) is 0 Å². The number of allylic oxidation sites excluding steroid dienone is 1. The van der Waals surface area contributed by atoms with E-state index >= 15 is 0 Å². The summed E-state index contributed by atoms with van der Waals surface area (Å²) in [6, 6.07) is 0. The molecule has 1 aliphatic heterocycles. The first-order valence-corrected chi connectivity index (χ1v) is 10.6. The third-order valence-electron chi connectivity index (χ3n) is 5.06. The van der Waals surface area contributed by atoms with Crippen LogP contribution in [0.4, 0.5) is 0 Å². The highest BCUT2D eigenvalue weighted by molar-refractivity contribution is 4.89. The second-order valence-corrected chi connectivity index (χ2v) is 7.41. The highest BCUT2D eigenvalue weighted by Gasteiger charge is 2.39. The molecule has 3 N–H and O–H groups in total. The number of ether oxygens (including phenoxy) is 2. The number of rotatable bonds is 15. The second-order valence-electron chi connectivity index (χ2n) is 7.41. The molecule has 0 aromatic carbocycles. The van der Waals surface area contributed by atoms with Crippen LogP contribution in [0.3, 0.4) is 0 Å². The van der Waals surface area contributed by atoms with E-state index in [1.54, 1.807) is 6.26 Å². The molecule has 1 aliphatic rings. The Morgan fingerprint density at radius 3 is 2.08 bits per heavy atom. The summed E-state index contributed by atoms with van der Waals surface area (Å²) in [5.41, 5.74) is 0. The number of hydrogen-bond acceptors (Lipinski definition) is 5. The lowest BCUT2D eigenvalue weighted by Crippen LogP contribution is -2.54. The predicted octanol–water partition coefficient (Wildman–Crippen LogP) is 3.70. The zero-order valence-electron chi connectivity index (χ0n) is 16.5. The molecule has 0 aromatic heterocycles. The van der Waals surface area contributed by atoms with Crippen molar-refractivity contribution in [3.8, 4) is 0 Å². The van der Waals surface area contributed by atoms with Crippen LogP contribution in [0.1, 0.15) is 84.0 Å². The molecule has 5 heteroatoms. The van der Waals surface area contributed by atoms with E-state index in [1.807, 2.05) is 6.08 Å². The molecule has 1 fully saturated rings. The van der Waals surface area contributed by atoms with Gasteiger partial charge < -0.3 is 24.8 Å². The Kier molecular flexibility index (Phi) is 13.9. The number of aliphatic hydroxyl groups is 3. The first-order valence-electron chi connectivity index (χ1n) is 10.6. The van der Waals surface area contributed by atoms with Gasteiger partial charge in [-0.2, -0.15) is 0 Å². The Morgan fingerprint density at radius 1 is 0.923 bits per heavy atom. The maximum absolute atomic E-state index is 9.94. The van der Waals surface area contributed by atoms with E-state index in [9.17, 15) is 15.3 Å². The van der Waals surface area contributed by atoms with Crippen LogP contribution in [0.5, 0.6) is 0 Å². The first kappa shape index (κ1) is 23.4. The minimum absolute atomic E-state index is 0.0225. The van der Waals surface area contributed by atoms with E-state index < -0.39 is 24.4 Å². The maximum atomic E-state index is 9.94. The third-order valence-corrected chi connectivity index (χ3v) is 5.06. The molecule has 0 amide bonds. The Labute approximate surface area is 159 Å². The van der Waals surface area contributed by atoms with E-state index in [1.165, 1.54) is 64.2 Å². The minimum Gasteiger partial charge on any atom is -0.493 e. The average Bonchev–Trinajstić information content (AvgIpc) is 2.65. The van der Waals surface area contributed by atoms with Gasteiger partial charge in [-0.1, -0.05) is 71.1 Å². The molecule has 5 nitrogen and oxygen atoms in total. The zero-order chi connectivity index (χ0) is 19.0. The Balaban J connectivity index is 1.97. The summed E-state index contributed by atoms with van der Waals surface area (Å²) < 4.78 is 10.8. The molecule has 0 spiro atoms. The van der Waals surface area contributed by atoms with Gasteiger partial charge in [0.25, 0.3) is 0 Å². The molecule has 1 rings (SSSR count). The molecule has 26 heavy (non-hydrogen) atoms. The Hall–Kier alpha value is -0.620. The van der Waals surface area contributed by atoms with Crippen LogP contribution in [0.15, 0.2) is 12.3 Å². The highest BCUT2D eigenvalue weighted by atomic mass is 16.6. The average molecular weight is 373 g/mol. The second kappa shape index (κ2) is 15.4. The molecule has 1 heterocycles. The van der Waals surface area contributed by atoms with Crippen molar-refractivity contribution in [1.82, 2.24) is 0 Å². The van der Waals surface area contributed by atoms with Crippen molar-refractivity contribution in [2.75, 3.05) is 13.2 Å². The summed E-state index contributed by atoms with van der Waals surface area (Å²) in [6.45, 7) is 2.04.